The molecule has 0 bridgehead atoms. The summed E-state index contributed by atoms with van der Waals surface area (Å²) in [5.74, 6) is -1.80. The van der Waals surface area contributed by atoms with Gasteiger partial charge in [-0.05, 0) is 6.07 Å². The van der Waals surface area contributed by atoms with Gasteiger partial charge in [-0.15, -0.1) is 0 Å². The number of alkyl halides is 1. The molecule has 2 aromatic rings. The van der Waals surface area contributed by atoms with E-state index in [9.17, 15) is 18.0 Å². The molecule has 1 aromatic carbocycles. The number of ether oxygens (including phenoxy) is 2. The Bertz CT molecular complexity index is 938. The molecule has 1 aliphatic rings. The number of guanidine groups is 1. The van der Waals surface area contributed by atoms with E-state index in [1.807, 2.05) is 5.32 Å². The van der Waals surface area contributed by atoms with E-state index in [4.69, 9.17) is 20.6 Å². The number of anilines is 1. The van der Waals surface area contributed by atoms with E-state index in [2.05, 4.69) is 4.98 Å². The molecule has 8 nitrogen and oxygen atoms in total. The Labute approximate surface area is 170 Å². The predicted octanol–water partition coefficient (Wildman–Crippen LogP) is 2.32. The number of nitrogens with two attached hydrogens (primary N) is 1. The lowest BCUT2D eigenvalue weighted by atomic mass is 10.0. The van der Waals surface area contributed by atoms with Crippen LogP contribution in [0.1, 0.15) is 5.56 Å². The molecule has 30 heavy (non-hydrogen) atoms. The first-order valence-corrected chi connectivity index (χ1v) is 9.02. The predicted molar refractivity (Wildman–Crippen MR) is 103 cm³/mol. The Morgan fingerprint density at radius 3 is 2.80 bits per heavy atom. The van der Waals surface area contributed by atoms with Gasteiger partial charge < -0.3 is 20.1 Å². The van der Waals surface area contributed by atoms with Gasteiger partial charge in [0.05, 0.1) is 12.7 Å². The quantitative estimate of drug-likeness (QED) is 0.465. The number of carbonyl (C=O) groups is 1. The summed E-state index contributed by atoms with van der Waals surface area (Å²) in [6.45, 7) is -0.182. The van der Waals surface area contributed by atoms with Crippen LogP contribution in [0.3, 0.4) is 0 Å². The second kappa shape index (κ2) is 9.44. The van der Waals surface area contributed by atoms with Crippen molar-refractivity contribution in [3.8, 4) is 11.1 Å². The number of rotatable bonds is 7. The monoisotopic (exact) mass is 423 g/mol. The first-order valence-electron chi connectivity index (χ1n) is 9.02. The fourth-order valence-corrected chi connectivity index (χ4v) is 2.94. The standard InChI is InChI=1S/C19H20F3N5O3/c20-4-5-29-13-8-27(9-13)17-15(21)6-12(7-25-17)14-3-1-2-11(16(14)22)10-30-19(28)26-18(23)24/h1-3,6-7,13H,4-5,8-10H2,(H4,23,24,26,28). The lowest BCUT2D eigenvalue weighted by Crippen LogP contribution is -2.53. The van der Waals surface area contributed by atoms with Crippen LogP contribution in [0.2, 0.25) is 0 Å². The zero-order valence-electron chi connectivity index (χ0n) is 15.8. The van der Waals surface area contributed by atoms with Crippen LogP contribution in [-0.4, -0.2) is 49.5 Å². The molecule has 4 N–H and O–H groups in total. The summed E-state index contributed by atoms with van der Waals surface area (Å²) < 4.78 is 51.5. The van der Waals surface area contributed by atoms with E-state index in [-0.39, 0.29) is 35.2 Å². The average molecular weight is 423 g/mol. The molecule has 0 saturated carbocycles. The Hall–Kier alpha value is -3.34. The number of nitrogens with one attached hydrogen (secondary N) is 2. The highest BCUT2D eigenvalue weighted by Gasteiger charge is 2.30. The first-order chi connectivity index (χ1) is 14.4. The number of alkyl carbamates (subject to hydrolysis) is 1. The minimum atomic E-state index is -0.993. The van der Waals surface area contributed by atoms with E-state index >= 15 is 0 Å². The topological polar surface area (TPSA) is 114 Å². The highest BCUT2D eigenvalue weighted by molar-refractivity contribution is 5.90. The summed E-state index contributed by atoms with van der Waals surface area (Å²) in [7, 11) is 0. The van der Waals surface area contributed by atoms with Crippen molar-refractivity contribution in [2.45, 2.75) is 12.7 Å². The van der Waals surface area contributed by atoms with E-state index in [0.717, 1.165) is 0 Å². The number of nitrogens with zero attached hydrogens (tertiary/aromatic N) is 2. The summed E-state index contributed by atoms with van der Waals surface area (Å²) in [5.41, 5.74) is 5.38. The van der Waals surface area contributed by atoms with Gasteiger partial charge in [-0.3, -0.25) is 10.7 Å². The van der Waals surface area contributed by atoms with Gasteiger partial charge in [0.15, 0.2) is 17.6 Å². The smallest absolute Gasteiger partial charge is 0.414 e. The first kappa shape index (κ1) is 21.4. The minimum Gasteiger partial charge on any atom is -0.444 e. The Balaban J connectivity index is 1.70. The molecule has 1 aromatic heterocycles. The van der Waals surface area contributed by atoms with E-state index < -0.39 is 37.0 Å². The molecule has 160 valence electrons. The van der Waals surface area contributed by atoms with Crippen molar-refractivity contribution >= 4 is 17.9 Å². The summed E-state index contributed by atoms with van der Waals surface area (Å²) in [5, 5.41) is 8.86. The maximum absolute atomic E-state index is 14.8. The molecule has 0 radical (unpaired) electrons. The van der Waals surface area contributed by atoms with Gasteiger partial charge in [-0.25, -0.2) is 22.9 Å². The Morgan fingerprint density at radius 1 is 1.37 bits per heavy atom. The largest absolute Gasteiger partial charge is 0.444 e. The molecule has 1 saturated heterocycles. The van der Waals surface area contributed by atoms with Gasteiger partial charge in [0.1, 0.15) is 19.1 Å². The van der Waals surface area contributed by atoms with Crippen LogP contribution in [0.5, 0.6) is 0 Å². The van der Waals surface area contributed by atoms with Crippen molar-refractivity contribution in [1.29, 1.82) is 5.41 Å². The molecule has 11 heteroatoms. The molecule has 0 atom stereocenters. The average Bonchev–Trinajstić information content (AvgIpc) is 2.66. The lowest BCUT2D eigenvalue weighted by molar-refractivity contribution is 0.0262. The van der Waals surface area contributed by atoms with E-state index in [1.165, 1.54) is 30.5 Å². The fourth-order valence-electron chi connectivity index (χ4n) is 2.94. The zero-order chi connectivity index (χ0) is 21.7. The third kappa shape index (κ3) is 4.98. The number of halogens is 3. The lowest BCUT2D eigenvalue weighted by Gasteiger charge is -2.39. The van der Waals surface area contributed by atoms with Gasteiger partial charge in [-0.1, -0.05) is 18.2 Å². The van der Waals surface area contributed by atoms with Crippen molar-refractivity contribution in [3.05, 3.63) is 47.7 Å². The SMILES string of the molecule is N=C(N)NC(=O)OCc1cccc(-c2cnc(N3CC(OCCF)C3)c(F)c2)c1F. The van der Waals surface area contributed by atoms with Crippen molar-refractivity contribution in [2.75, 3.05) is 31.3 Å². The van der Waals surface area contributed by atoms with E-state index in [0.29, 0.717) is 13.1 Å². The van der Waals surface area contributed by atoms with Gasteiger partial charge in [0.25, 0.3) is 0 Å². The molecule has 1 fully saturated rings. The van der Waals surface area contributed by atoms with Crippen LogP contribution < -0.4 is 16.0 Å². The number of benzene rings is 1. The molecule has 0 unspecified atom stereocenters. The Morgan fingerprint density at radius 2 is 2.13 bits per heavy atom. The van der Waals surface area contributed by atoms with Crippen LogP contribution in [0.15, 0.2) is 30.5 Å². The van der Waals surface area contributed by atoms with Crippen LogP contribution in [0.25, 0.3) is 11.1 Å². The second-order valence-electron chi connectivity index (χ2n) is 6.51. The molecule has 1 aliphatic heterocycles. The summed E-state index contributed by atoms with van der Waals surface area (Å²) >= 11 is 0. The number of amides is 1. The van der Waals surface area contributed by atoms with Crippen molar-refractivity contribution in [1.82, 2.24) is 10.3 Å². The van der Waals surface area contributed by atoms with Crippen molar-refractivity contribution in [2.24, 2.45) is 5.73 Å². The molecular weight excluding hydrogens is 403 g/mol. The number of carbonyl (C=O) groups excluding carboxylic acids is 1. The normalized spacial score (nSPS) is 13.6. The summed E-state index contributed by atoms with van der Waals surface area (Å²) in [6.07, 6.45) is 0.184. The second-order valence-corrected chi connectivity index (χ2v) is 6.51. The molecule has 2 heterocycles. The number of aromatic nitrogens is 1. The van der Waals surface area contributed by atoms with Gasteiger partial charge in [-0.2, -0.15) is 0 Å². The van der Waals surface area contributed by atoms with Gasteiger partial charge >= 0.3 is 6.09 Å². The van der Waals surface area contributed by atoms with Gasteiger partial charge in [0, 0.05) is 36.0 Å². The number of hydrogen-bond donors (Lipinski definition) is 3. The van der Waals surface area contributed by atoms with Crippen LogP contribution >= 0.6 is 0 Å². The zero-order valence-corrected chi connectivity index (χ0v) is 15.8. The minimum absolute atomic E-state index is 0.00307. The summed E-state index contributed by atoms with van der Waals surface area (Å²) in [4.78, 5) is 17.1. The van der Waals surface area contributed by atoms with Crippen molar-refractivity contribution < 1.29 is 27.4 Å². The molecule has 0 spiro atoms. The summed E-state index contributed by atoms with van der Waals surface area (Å²) in [6, 6.07) is 5.57. The molecule has 1 amide bonds. The molecular formula is C19H20F3N5O3. The van der Waals surface area contributed by atoms with Crippen LogP contribution in [0.4, 0.5) is 23.8 Å². The maximum atomic E-state index is 14.8. The molecule has 3 rings (SSSR count). The number of hydrogen-bond acceptors (Lipinski definition) is 6. The highest BCUT2D eigenvalue weighted by Crippen LogP contribution is 2.30. The maximum Gasteiger partial charge on any atom is 0.414 e. The van der Waals surface area contributed by atoms with Crippen LogP contribution in [0, 0.1) is 17.0 Å². The highest BCUT2D eigenvalue weighted by atomic mass is 19.1. The fraction of sp³-hybridized carbons (Fsp3) is 0.316. The number of pyridine rings is 1. The van der Waals surface area contributed by atoms with Crippen LogP contribution in [-0.2, 0) is 16.1 Å². The molecule has 0 aliphatic carbocycles. The van der Waals surface area contributed by atoms with E-state index in [1.54, 1.807) is 4.90 Å². The van der Waals surface area contributed by atoms with Gasteiger partial charge in [0.2, 0.25) is 0 Å². The Kier molecular flexibility index (Phi) is 6.72. The third-order valence-corrected chi connectivity index (χ3v) is 4.39. The van der Waals surface area contributed by atoms with Crippen molar-refractivity contribution in [3.63, 3.8) is 0 Å². The third-order valence-electron chi connectivity index (χ3n) is 4.39.